The lowest BCUT2D eigenvalue weighted by Gasteiger charge is -2.26. The third-order valence-corrected chi connectivity index (χ3v) is 3.50. The van der Waals surface area contributed by atoms with Gasteiger partial charge in [-0.2, -0.15) is 0 Å². The highest BCUT2D eigenvalue weighted by molar-refractivity contribution is 4.92. The lowest BCUT2D eigenvalue weighted by atomic mass is 9.87. The van der Waals surface area contributed by atoms with Crippen LogP contribution in [0, 0.1) is 5.92 Å². The number of nitrogens with zero attached hydrogens (tertiary/aromatic N) is 3. The summed E-state index contributed by atoms with van der Waals surface area (Å²) in [4.78, 5) is 0. The summed E-state index contributed by atoms with van der Waals surface area (Å²) < 4.78 is 1.68. The molecule has 5 heteroatoms. The van der Waals surface area contributed by atoms with Gasteiger partial charge < -0.3 is 10.4 Å². The average Bonchev–Trinajstić information content (AvgIpc) is 2.77. The van der Waals surface area contributed by atoms with Gasteiger partial charge in [0.05, 0.1) is 18.8 Å². The fourth-order valence-electron chi connectivity index (χ4n) is 2.34. The van der Waals surface area contributed by atoms with Crippen molar-refractivity contribution in [2.75, 3.05) is 6.61 Å². The van der Waals surface area contributed by atoms with E-state index in [1.54, 1.807) is 4.68 Å². The number of aromatic nitrogens is 3. The Morgan fingerprint density at radius 2 is 2.18 bits per heavy atom. The maximum absolute atomic E-state index is 8.78. The zero-order valence-corrected chi connectivity index (χ0v) is 10.5. The van der Waals surface area contributed by atoms with Crippen LogP contribution < -0.4 is 5.32 Å². The summed E-state index contributed by atoms with van der Waals surface area (Å²) in [6.07, 6.45) is 7.09. The number of rotatable bonds is 5. The Kier molecular flexibility index (Phi) is 4.50. The summed E-state index contributed by atoms with van der Waals surface area (Å²) in [5.41, 5.74) is 0.956. The first-order valence-electron chi connectivity index (χ1n) is 6.51. The van der Waals surface area contributed by atoms with Gasteiger partial charge in [0.2, 0.25) is 0 Å². The Morgan fingerprint density at radius 1 is 1.41 bits per heavy atom. The Bertz CT molecular complexity index is 331. The molecule has 0 unspecified atom stereocenters. The first-order chi connectivity index (χ1) is 8.28. The smallest absolute Gasteiger partial charge is 0.0964 e. The van der Waals surface area contributed by atoms with E-state index in [0.29, 0.717) is 12.6 Å². The molecule has 0 bridgehead atoms. The molecule has 0 radical (unpaired) electrons. The molecular formula is C12H22N4O. The molecule has 1 saturated carbocycles. The second-order valence-electron chi connectivity index (χ2n) is 5.03. The predicted octanol–water partition coefficient (Wildman–Crippen LogP) is 0.939. The van der Waals surface area contributed by atoms with Gasteiger partial charge in [0.1, 0.15) is 0 Å². The molecule has 0 saturated heterocycles. The van der Waals surface area contributed by atoms with Crippen LogP contribution in [0.4, 0.5) is 0 Å². The van der Waals surface area contributed by atoms with Crippen LogP contribution in [0.25, 0.3) is 0 Å². The van der Waals surface area contributed by atoms with E-state index in [2.05, 4.69) is 22.6 Å². The highest BCUT2D eigenvalue weighted by atomic mass is 16.3. The van der Waals surface area contributed by atoms with Gasteiger partial charge in [0.15, 0.2) is 0 Å². The minimum absolute atomic E-state index is 0.108. The van der Waals surface area contributed by atoms with Crippen molar-refractivity contribution < 1.29 is 5.11 Å². The molecule has 0 spiro atoms. The van der Waals surface area contributed by atoms with Gasteiger partial charge in [-0.05, 0) is 31.6 Å². The molecule has 0 atom stereocenters. The molecule has 96 valence electrons. The molecule has 1 aliphatic rings. The second-order valence-corrected chi connectivity index (χ2v) is 5.03. The molecule has 0 amide bonds. The maximum atomic E-state index is 8.78. The van der Waals surface area contributed by atoms with Crippen molar-refractivity contribution in [3.05, 3.63) is 11.9 Å². The minimum atomic E-state index is 0.108. The SMILES string of the molecule is CC1CCC(NCc2cn(CCO)nn2)CC1. The fraction of sp³-hybridized carbons (Fsp3) is 0.833. The Balaban J connectivity index is 1.73. The van der Waals surface area contributed by atoms with E-state index in [9.17, 15) is 0 Å². The van der Waals surface area contributed by atoms with E-state index in [0.717, 1.165) is 18.2 Å². The van der Waals surface area contributed by atoms with Crippen LogP contribution in [0.15, 0.2) is 6.20 Å². The highest BCUT2D eigenvalue weighted by Gasteiger charge is 2.17. The first-order valence-corrected chi connectivity index (χ1v) is 6.51. The third-order valence-electron chi connectivity index (χ3n) is 3.50. The van der Waals surface area contributed by atoms with Crippen molar-refractivity contribution in [3.63, 3.8) is 0 Å². The van der Waals surface area contributed by atoms with Crippen molar-refractivity contribution in [1.29, 1.82) is 0 Å². The van der Waals surface area contributed by atoms with Gasteiger partial charge >= 0.3 is 0 Å². The molecule has 2 N–H and O–H groups in total. The number of nitrogens with one attached hydrogen (secondary N) is 1. The van der Waals surface area contributed by atoms with Gasteiger partial charge in [-0.15, -0.1) is 5.10 Å². The molecule has 5 nitrogen and oxygen atoms in total. The summed E-state index contributed by atoms with van der Waals surface area (Å²) in [5, 5.41) is 20.3. The Labute approximate surface area is 102 Å². The summed E-state index contributed by atoms with van der Waals surface area (Å²) in [5.74, 6) is 0.887. The van der Waals surface area contributed by atoms with Gasteiger partial charge in [-0.25, -0.2) is 4.68 Å². The number of hydrogen-bond acceptors (Lipinski definition) is 4. The van der Waals surface area contributed by atoms with E-state index in [1.807, 2.05) is 6.20 Å². The molecule has 17 heavy (non-hydrogen) atoms. The zero-order valence-electron chi connectivity index (χ0n) is 10.5. The molecule has 1 aliphatic carbocycles. The summed E-state index contributed by atoms with van der Waals surface area (Å²) in [6, 6.07) is 0.634. The van der Waals surface area contributed by atoms with E-state index in [4.69, 9.17) is 5.11 Å². The van der Waals surface area contributed by atoms with Crippen LogP contribution in [-0.4, -0.2) is 32.7 Å². The van der Waals surface area contributed by atoms with E-state index in [1.165, 1.54) is 25.7 Å². The Hall–Kier alpha value is -0.940. The molecule has 1 heterocycles. The van der Waals surface area contributed by atoms with E-state index < -0.39 is 0 Å². The monoisotopic (exact) mass is 238 g/mol. The van der Waals surface area contributed by atoms with Crippen molar-refractivity contribution in [3.8, 4) is 0 Å². The maximum Gasteiger partial charge on any atom is 0.0964 e. The van der Waals surface area contributed by atoms with Crippen LogP contribution in [0.2, 0.25) is 0 Å². The summed E-state index contributed by atoms with van der Waals surface area (Å²) in [6.45, 7) is 3.74. The van der Waals surface area contributed by atoms with Crippen LogP contribution in [-0.2, 0) is 13.1 Å². The molecule has 0 aromatic carbocycles. The summed E-state index contributed by atoms with van der Waals surface area (Å²) in [7, 11) is 0. The molecule has 1 aromatic heterocycles. The van der Waals surface area contributed by atoms with E-state index in [-0.39, 0.29) is 6.61 Å². The summed E-state index contributed by atoms with van der Waals surface area (Å²) >= 11 is 0. The van der Waals surface area contributed by atoms with Gasteiger partial charge in [-0.1, -0.05) is 12.1 Å². The van der Waals surface area contributed by atoms with Crippen LogP contribution in [0.1, 0.15) is 38.3 Å². The zero-order chi connectivity index (χ0) is 12.1. The van der Waals surface area contributed by atoms with Crippen molar-refractivity contribution in [1.82, 2.24) is 20.3 Å². The standard InChI is InChI=1S/C12H22N4O/c1-10-2-4-11(5-3-10)13-8-12-9-16(6-7-17)15-14-12/h9-11,13,17H,2-8H2,1H3. The van der Waals surface area contributed by atoms with Crippen LogP contribution in [0.3, 0.4) is 0 Å². The van der Waals surface area contributed by atoms with Crippen LogP contribution >= 0.6 is 0 Å². The lowest BCUT2D eigenvalue weighted by Crippen LogP contribution is -2.32. The predicted molar refractivity (Wildman–Crippen MR) is 65.4 cm³/mol. The number of hydrogen-bond donors (Lipinski definition) is 2. The van der Waals surface area contributed by atoms with Gasteiger partial charge in [0, 0.05) is 18.8 Å². The molecule has 0 aliphatic heterocycles. The molecule has 2 rings (SSSR count). The molecule has 1 fully saturated rings. The molecular weight excluding hydrogens is 216 g/mol. The quantitative estimate of drug-likeness (QED) is 0.801. The van der Waals surface area contributed by atoms with E-state index >= 15 is 0 Å². The number of aliphatic hydroxyl groups excluding tert-OH is 1. The van der Waals surface area contributed by atoms with Gasteiger partial charge in [-0.3, -0.25) is 0 Å². The first kappa shape index (κ1) is 12.5. The van der Waals surface area contributed by atoms with Crippen molar-refractivity contribution >= 4 is 0 Å². The van der Waals surface area contributed by atoms with Crippen LogP contribution in [0.5, 0.6) is 0 Å². The topological polar surface area (TPSA) is 63.0 Å². The third kappa shape index (κ3) is 3.78. The van der Waals surface area contributed by atoms with Crippen molar-refractivity contribution in [2.24, 2.45) is 5.92 Å². The highest BCUT2D eigenvalue weighted by Crippen LogP contribution is 2.23. The molecule has 1 aromatic rings. The number of aliphatic hydroxyl groups is 1. The minimum Gasteiger partial charge on any atom is -0.394 e. The van der Waals surface area contributed by atoms with Gasteiger partial charge in [0.25, 0.3) is 0 Å². The average molecular weight is 238 g/mol. The largest absolute Gasteiger partial charge is 0.394 e. The normalized spacial score (nSPS) is 25.1. The second kappa shape index (κ2) is 6.12. The fourth-order valence-corrected chi connectivity index (χ4v) is 2.34. The van der Waals surface area contributed by atoms with Crippen molar-refractivity contribution in [2.45, 2.75) is 51.7 Å². The Morgan fingerprint density at radius 3 is 2.88 bits per heavy atom. The lowest BCUT2D eigenvalue weighted by molar-refractivity contribution is 0.268.